The predicted molar refractivity (Wildman–Crippen MR) is 107 cm³/mol. The Morgan fingerprint density at radius 1 is 1.18 bits per heavy atom. The number of nitrogens with zero attached hydrogens (tertiary/aromatic N) is 2. The molecule has 0 saturated heterocycles. The summed E-state index contributed by atoms with van der Waals surface area (Å²) in [7, 11) is -1.63. The van der Waals surface area contributed by atoms with Crippen LogP contribution in [0.1, 0.15) is 5.82 Å². The SMILES string of the molecule is CN(CC(=O)Nc1cccc(S(C)(=O)=O)c1)Cc1nc2ccccc2c(=O)[nH]1. The molecule has 0 radical (unpaired) electrons. The summed E-state index contributed by atoms with van der Waals surface area (Å²) < 4.78 is 23.2. The first kappa shape index (κ1) is 19.7. The molecule has 0 saturated carbocycles. The zero-order valence-corrected chi connectivity index (χ0v) is 16.3. The number of rotatable bonds is 6. The van der Waals surface area contributed by atoms with E-state index < -0.39 is 9.84 Å². The van der Waals surface area contributed by atoms with Gasteiger partial charge in [-0.1, -0.05) is 18.2 Å². The fourth-order valence-electron chi connectivity index (χ4n) is 2.77. The summed E-state index contributed by atoms with van der Waals surface area (Å²) in [6, 6.07) is 13.1. The first-order chi connectivity index (χ1) is 13.2. The van der Waals surface area contributed by atoms with Crippen LogP contribution < -0.4 is 10.9 Å². The Labute approximate surface area is 162 Å². The van der Waals surface area contributed by atoms with Crippen LogP contribution >= 0.6 is 0 Å². The Morgan fingerprint density at radius 3 is 2.68 bits per heavy atom. The molecule has 1 heterocycles. The monoisotopic (exact) mass is 400 g/mol. The Bertz CT molecular complexity index is 1190. The first-order valence-corrected chi connectivity index (χ1v) is 10.4. The number of benzene rings is 2. The molecule has 0 aliphatic carbocycles. The van der Waals surface area contributed by atoms with Crippen molar-refractivity contribution < 1.29 is 13.2 Å². The van der Waals surface area contributed by atoms with E-state index in [1.165, 1.54) is 12.1 Å². The van der Waals surface area contributed by atoms with E-state index in [1.807, 2.05) is 0 Å². The van der Waals surface area contributed by atoms with Crippen molar-refractivity contribution in [3.8, 4) is 0 Å². The molecular formula is C19H20N4O4S. The number of aromatic amines is 1. The van der Waals surface area contributed by atoms with E-state index in [-0.39, 0.29) is 29.5 Å². The van der Waals surface area contributed by atoms with E-state index in [0.29, 0.717) is 22.4 Å². The van der Waals surface area contributed by atoms with Crippen LogP contribution in [0.15, 0.2) is 58.2 Å². The minimum absolute atomic E-state index is 0.0413. The zero-order valence-electron chi connectivity index (χ0n) is 15.5. The van der Waals surface area contributed by atoms with Crippen LogP contribution in [0.4, 0.5) is 5.69 Å². The number of sulfone groups is 1. The third-order valence-corrected chi connectivity index (χ3v) is 5.15. The summed E-state index contributed by atoms with van der Waals surface area (Å²) in [6.45, 7) is 0.316. The largest absolute Gasteiger partial charge is 0.325 e. The van der Waals surface area contributed by atoms with E-state index in [1.54, 1.807) is 48.3 Å². The summed E-state index contributed by atoms with van der Waals surface area (Å²) in [6.07, 6.45) is 1.11. The highest BCUT2D eigenvalue weighted by Crippen LogP contribution is 2.15. The second-order valence-electron chi connectivity index (χ2n) is 6.55. The summed E-state index contributed by atoms with van der Waals surface area (Å²) in [4.78, 5) is 33.3. The number of likely N-dealkylation sites (N-methyl/N-ethyl adjacent to an activating group) is 1. The molecule has 1 amide bonds. The van der Waals surface area contributed by atoms with Gasteiger partial charge >= 0.3 is 0 Å². The van der Waals surface area contributed by atoms with E-state index in [2.05, 4.69) is 15.3 Å². The molecule has 0 aliphatic heterocycles. The number of hydrogen-bond acceptors (Lipinski definition) is 6. The molecule has 9 heteroatoms. The third kappa shape index (κ3) is 4.81. The highest BCUT2D eigenvalue weighted by atomic mass is 32.2. The van der Waals surface area contributed by atoms with Gasteiger partial charge < -0.3 is 10.3 Å². The lowest BCUT2D eigenvalue weighted by atomic mass is 10.2. The molecule has 0 bridgehead atoms. The summed E-state index contributed by atoms with van der Waals surface area (Å²) >= 11 is 0. The van der Waals surface area contributed by atoms with Crippen molar-refractivity contribution in [2.24, 2.45) is 0 Å². The van der Waals surface area contributed by atoms with Crippen molar-refractivity contribution in [1.82, 2.24) is 14.9 Å². The number of anilines is 1. The molecule has 1 aromatic heterocycles. The number of para-hydroxylation sites is 1. The molecule has 2 N–H and O–H groups in total. The molecule has 2 aromatic carbocycles. The molecule has 0 spiro atoms. The summed E-state index contributed by atoms with van der Waals surface area (Å²) in [5.74, 6) is 0.148. The van der Waals surface area contributed by atoms with E-state index >= 15 is 0 Å². The highest BCUT2D eigenvalue weighted by Gasteiger charge is 2.12. The van der Waals surface area contributed by atoms with Crippen molar-refractivity contribution in [1.29, 1.82) is 0 Å². The van der Waals surface area contributed by atoms with Crippen molar-refractivity contribution in [2.45, 2.75) is 11.4 Å². The van der Waals surface area contributed by atoms with Crippen molar-refractivity contribution in [3.05, 3.63) is 64.7 Å². The average molecular weight is 400 g/mol. The van der Waals surface area contributed by atoms with E-state index in [9.17, 15) is 18.0 Å². The molecule has 3 aromatic rings. The van der Waals surface area contributed by atoms with Crippen molar-refractivity contribution in [3.63, 3.8) is 0 Å². The predicted octanol–water partition coefficient (Wildman–Crippen LogP) is 1.40. The minimum Gasteiger partial charge on any atom is -0.325 e. The quantitative estimate of drug-likeness (QED) is 0.647. The Morgan fingerprint density at radius 2 is 1.93 bits per heavy atom. The fraction of sp³-hybridized carbons (Fsp3) is 0.211. The van der Waals surface area contributed by atoms with Crippen LogP contribution in [0, 0.1) is 0 Å². The Balaban J connectivity index is 1.66. The van der Waals surface area contributed by atoms with Gasteiger partial charge in [0.15, 0.2) is 9.84 Å². The van der Waals surface area contributed by atoms with Gasteiger partial charge in [-0.2, -0.15) is 0 Å². The normalized spacial score (nSPS) is 11.7. The molecule has 0 aliphatic rings. The number of hydrogen-bond donors (Lipinski definition) is 2. The lowest BCUT2D eigenvalue weighted by molar-refractivity contribution is -0.117. The van der Waals surface area contributed by atoms with Crippen LogP contribution in [0.5, 0.6) is 0 Å². The number of nitrogens with one attached hydrogen (secondary N) is 2. The molecule has 8 nitrogen and oxygen atoms in total. The van der Waals surface area contributed by atoms with Gasteiger partial charge in [0.1, 0.15) is 5.82 Å². The molecule has 0 fully saturated rings. The third-order valence-electron chi connectivity index (χ3n) is 4.04. The van der Waals surface area contributed by atoms with Gasteiger partial charge in [0.2, 0.25) is 5.91 Å². The number of carbonyl (C=O) groups is 1. The first-order valence-electron chi connectivity index (χ1n) is 8.49. The van der Waals surface area contributed by atoms with Crippen LogP contribution in [0.3, 0.4) is 0 Å². The average Bonchev–Trinajstić information content (AvgIpc) is 2.61. The molecule has 0 atom stereocenters. The van der Waals surface area contributed by atoms with Crippen LogP contribution in [-0.4, -0.2) is 49.0 Å². The maximum Gasteiger partial charge on any atom is 0.258 e. The fourth-order valence-corrected chi connectivity index (χ4v) is 3.44. The lowest BCUT2D eigenvalue weighted by Gasteiger charge is -2.16. The molecular weight excluding hydrogens is 380 g/mol. The summed E-state index contributed by atoms with van der Waals surface area (Å²) in [5.41, 5.74) is 0.770. The minimum atomic E-state index is -3.35. The second-order valence-corrected chi connectivity index (χ2v) is 8.57. The van der Waals surface area contributed by atoms with Crippen molar-refractivity contribution in [2.75, 3.05) is 25.2 Å². The van der Waals surface area contributed by atoms with Gasteiger partial charge in [-0.05, 0) is 37.4 Å². The number of amides is 1. The Hall–Kier alpha value is -3.04. The highest BCUT2D eigenvalue weighted by molar-refractivity contribution is 7.90. The van der Waals surface area contributed by atoms with E-state index in [4.69, 9.17) is 0 Å². The number of H-pyrrole nitrogens is 1. The van der Waals surface area contributed by atoms with Gasteiger partial charge in [-0.25, -0.2) is 13.4 Å². The van der Waals surface area contributed by atoms with Crippen LogP contribution in [0.25, 0.3) is 10.9 Å². The maximum absolute atomic E-state index is 12.3. The summed E-state index contributed by atoms with van der Waals surface area (Å²) in [5, 5.41) is 3.19. The molecule has 3 rings (SSSR count). The van der Waals surface area contributed by atoms with Crippen molar-refractivity contribution >= 4 is 32.3 Å². The molecule has 146 valence electrons. The maximum atomic E-state index is 12.3. The number of fused-ring (bicyclic) bond motifs is 1. The number of aromatic nitrogens is 2. The van der Waals surface area contributed by atoms with Gasteiger partial charge in [0, 0.05) is 11.9 Å². The molecule has 0 unspecified atom stereocenters. The van der Waals surface area contributed by atoms with Gasteiger partial charge in [0.25, 0.3) is 5.56 Å². The topological polar surface area (TPSA) is 112 Å². The van der Waals surface area contributed by atoms with Gasteiger partial charge in [0.05, 0.1) is 28.9 Å². The van der Waals surface area contributed by atoms with Crippen LogP contribution in [-0.2, 0) is 21.2 Å². The second kappa shape index (κ2) is 7.91. The van der Waals surface area contributed by atoms with E-state index in [0.717, 1.165) is 6.26 Å². The number of carbonyl (C=O) groups excluding carboxylic acids is 1. The zero-order chi connectivity index (χ0) is 20.3. The Kier molecular flexibility index (Phi) is 5.57. The lowest BCUT2D eigenvalue weighted by Crippen LogP contribution is -2.31. The standard InChI is InChI=1S/C19H20N4O4S/c1-23(11-17-21-16-9-4-3-8-15(16)19(25)22-17)12-18(24)20-13-6-5-7-14(10-13)28(2,26)27/h3-10H,11-12H2,1-2H3,(H,20,24)(H,21,22,25). The van der Waals surface area contributed by atoms with Crippen LogP contribution in [0.2, 0.25) is 0 Å². The smallest absolute Gasteiger partial charge is 0.258 e. The molecule has 28 heavy (non-hydrogen) atoms. The van der Waals surface area contributed by atoms with Gasteiger partial charge in [-0.3, -0.25) is 14.5 Å². The van der Waals surface area contributed by atoms with Gasteiger partial charge in [-0.15, -0.1) is 0 Å².